The van der Waals surface area contributed by atoms with Crippen LogP contribution < -0.4 is 15.4 Å². The zero-order chi connectivity index (χ0) is 18.0. The van der Waals surface area contributed by atoms with Crippen LogP contribution in [0.25, 0.3) is 0 Å². The van der Waals surface area contributed by atoms with Crippen LogP contribution in [0.5, 0.6) is 5.75 Å². The van der Waals surface area contributed by atoms with E-state index in [1.165, 1.54) is 6.92 Å². The van der Waals surface area contributed by atoms with E-state index in [4.69, 9.17) is 4.74 Å². The molecule has 0 fully saturated rings. The number of hydrogen-bond acceptors (Lipinski definition) is 3. The largest absolute Gasteiger partial charge is 0.491 e. The molecule has 0 aromatic heterocycles. The molecule has 0 radical (unpaired) electrons. The van der Waals surface area contributed by atoms with Crippen molar-refractivity contribution >= 4 is 6.03 Å². The highest BCUT2D eigenvalue weighted by atomic mass is 19.1. The molecule has 0 saturated carbocycles. The summed E-state index contributed by atoms with van der Waals surface area (Å²) < 4.78 is 32.3. The molecule has 25 heavy (non-hydrogen) atoms. The minimum Gasteiger partial charge on any atom is -0.491 e. The van der Waals surface area contributed by atoms with E-state index in [1.807, 2.05) is 24.3 Å². The number of benzene rings is 2. The molecular formula is C18H18F2N2O3. The number of nitrogens with one attached hydrogen (secondary N) is 2. The van der Waals surface area contributed by atoms with Crippen LogP contribution in [0.2, 0.25) is 0 Å². The summed E-state index contributed by atoms with van der Waals surface area (Å²) in [7, 11) is 0. The van der Waals surface area contributed by atoms with Crippen molar-refractivity contribution in [2.24, 2.45) is 0 Å². The van der Waals surface area contributed by atoms with Gasteiger partial charge in [-0.25, -0.2) is 13.6 Å². The third-order valence-electron chi connectivity index (χ3n) is 4.11. The van der Waals surface area contributed by atoms with E-state index >= 15 is 0 Å². The highest BCUT2D eigenvalue weighted by Gasteiger charge is 2.29. The van der Waals surface area contributed by atoms with Gasteiger partial charge < -0.3 is 20.5 Å². The lowest BCUT2D eigenvalue weighted by Crippen LogP contribution is -2.45. The molecule has 3 N–H and O–H groups in total. The molecule has 7 heteroatoms. The van der Waals surface area contributed by atoms with Gasteiger partial charge in [-0.3, -0.25) is 0 Å². The van der Waals surface area contributed by atoms with Gasteiger partial charge in [-0.2, -0.15) is 0 Å². The summed E-state index contributed by atoms with van der Waals surface area (Å²) >= 11 is 0. The molecule has 0 spiro atoms. The van der Waals surface area contributed by atoms with Crippen molar-refractivity contribution in [3.63, 3.8) is 0 Å². The number of amides is 2. The van der Waals surface area contributed by atoms with Gasteiger partial charge in [0.2, 0.25) is 0 Å². The highest BCUT2D eigenvalue weighted by Crippen LogP contribution is 2.31. The Morgan fingerprint density at radius 1 is 1.32 bits per heavy atom. The number of fused-ring (bicyclic) bond motifs is 1. The zero-order valence-corrected chi connectivity index (χ0v) is 13.6. The molecule has 132 valence electrons. The van der Waals surface area contributed by atoms with E-state index < -0.39 is 23.3 Å². The van der Waals surface area contributed by atoms with Crippen molar-refractivity contribution in [1.29, 1.82) is 0 Å². The van der Waals surface area contributed by atoms with Gasteiger partial charge in [0.25, 0.3) is 0 Å². The lowest BCUT2D eigenvalue weighted by atomic mass is 9.95. The van der Waals surface area contributed by atoms with Crippen LogP contribution in [0.4, 0.5) is 13.6 Å². The van der Waals surface area contributed by atoms with Crippen LogP contribution in [0.1, 0.15) is 24.1 Å². The maximum Gasteiger partial charge on any atom is 0.315 e. The molecule has 1 aliphatic heterocycles. The van der Waals surface area contributed by atoms with Crippen LogP contribution in [-0.4, -0.2) is 24.3 Å². The van der Waals surface area contributed by atoms with Gasteiger partial charge in [-0.05, 0) is 19.1 Å². The van der Waals surface area contributed by atoms with E-state index in [-0.39, 0.29) is 18.2 Å². The number of hydrogen-bond donors (Lipinski definition) is 3. The Kier molecular flexibility index (Phi) is 4.59. The Labute approximate surface area is 143 Å². The number of urea groups is 1. The maximum atomic E-state index is 13.8. The fraction of sp³-hybridized carbons (Fsp3) is 0.278. The van der Waals surface area contributed by atoms with Gasteiger partial charge in [-0.15, -0.1) is 0 Å². The molecule has 5 nitrogen and oxygen atoms in total. The van der Waals surface area contributed by atoms with E-state index in [2.05, 4.69) is 10.6 Å². The van der Waals surface area contributed by atoms with Gasteiger partial charge in [0.1, 0.15) is 29.6 Å². The number of aliphatic hydroxyl groups is 1. The van der Waals surface area contributed by atoms with E-state index in [1.54, 1.807) is 0 Å². The predicted molar refractivity (Wildman–Crippen MR) is 87.1 cm³/mol. The first-order valence-corrected chi connectivity index (χ1v) is 7.81. The summed E-state index contributed by atoms with van der Waals surface area (Å²) in [5, 5.41) is 15.6. The second kappa shape index (κ2) is 6.68. The number of rotatable bonds is 4. The fourth-order valence-corrected chi connectivity index (χ4v) is 2.77. The standard InChI is InChI=1S/C18H18F2N2O3/c1-18(24,13-7-6-11(19)8-14(13)20)10-21-17(23)22-15-9-25-16-5-3-2-4-12(15)16/h2-8,15,24H,9-10H2,1H3,(H2,21,22,23)/t15-,18-/m0/s1. The van der Waals surface area contributed by atoms with Crippen molar-refractivity contribution in [2.75, 3.05) is 13.2 Å². The third kappa shape index (κ3) is 3.71. The molecule has 0 aliphatic carbocycles. The van der Waals surface area contributed by atoms with Crippen LogP contribution in [0, 0.1) is 11.6 Å². The Hall–Kier alpha value is -2.67. The van der Waals surface area contributed by atoms with E-state index in [0.717, 1.165) is 17.7 Å². The molecule has 2 amide bonds. The lowest BCUT2D eigenvalue weighted by Gasteiger charge is -2.25. The number of carbonyl (C=O) groups is 1. The molecule has 3 rings (SSSR count). The average molecular weight is 348 g/mol. The molecule has 1 heterocycles. The van der Waals surface area contributed by atoms with Gasteiger partial charge in [0.05, 0.1) is 12.6 Å². The topological polar surface area (TPSA) is 70.6 Å². The van der Waals surface area contributed by atoms with Crippen molar-refractivity contribution in [1.82, 2.24) is 10.6 Å². The first-order chi connectivity index (χ1) is 11.9. The second-order valence-corrected chi connectivity index (χ2v) is 6.13. The Bertz CT molecular complexity index is 796. The summed E-state index contributed by atoms with van der Waals surface area (Å²) in [6.07, 6.45) is 0. The van der Waals surface area contributed by atoms with E-state index in [9.17, 15) is 18.7 Å². The number of carbonyl (C=O) groups excluding carboxylic acids is 1. The fourth-order valence-electron chi connectivity index (χ4n) is 2.77. The number of para-hydroxylation sites is 1. The van der Waals surface area contributed by atoms with Crippen LogP contribution in [0.15, 0.2) is 42.5 Å². The van der Waals surface area contributed by atoms with Crippen molar-refractivity contribution < 1.29 is 23.4 Å². The summed E-state index contributed by atoms with van der Waals surface area (Å²) in [4.78, 5) is 12.1. The molecule has 2 aromatic rings. The van der Waals surface area contributed by atoms with Crippen LogP contribution >= 0.6 is 0 Å². The maximum absolute atomic E-state index is 13.8. The molecule has 2 aromatic carbocycles. The summed E-state index contributed by atoms with van der Waals surface area (Å²) in [5.41, 5.74) is -0.906. The Balaban J connectivity index is 1.60. The van der Waals surface area contributed by atoms with Crippen LogP contribution in [0.3, 0.4) is 0 Å². The van der Waals surface area contributed by atoms with Gasteiger partial charge in [0, 0.05) is 17.2 Å². The third-order valence-corrected chi connectivity index (χ3v) is 4.11. The predicted octanol–water partition coefficient (Wildman–Crippen LogP) is 2.61. The van der Waals surface area contributed by atoms with Crippen LogP contribution in [-0.2, 0) is 5.60 Å². The quantitative estimate of drug-likeness (QED) is 0.795. The lowest BCUT2D eigenvalue weighted by molar-refractivity contribution is 0.0554. The van der Waals surface area contributed by atoms with E-state index in [0.29, 0.717) is 18.4 Å². The normalized spacial score (nSPS) is 18.0. The summed E-state index contributed by atoms with van der Waals surface area (Å²) in [6.45, 7) is 1.42. The Morgan fingerprint density at radius 2 is 2.08 bits per heavy atom. The SMILES string of the molecule is C[C@](O)(CNC(=O)N[C@H]1COc2ccccc21)c1ccc(F)cc1F. The first-order valence-electron chi connectivity index (χ1n) is 7.81. The summed E-state index contributed by atoms with van der Waals surface area (Å²) in [5.74, 6) is -0.888. The first kappa shape index (κ1) is 17.2. The van der Waals surface area contributed by atoms with Gasteiger partial charge >= 0.3 is 6.03 Å². The molecule has 1 aliphatic rings. The van der Waals surface area contributed by atoms with Gasteiger partial charge in [0.15, 0.2) is 0 Å². The van der Waals surface area contributed by atoms with Gasteiger partial charge in [-0.1, -0.05) is 24.3 Å². The van der Waals surface area contributed by atoms with Crippen molar-refractivity contribution in [3.8, 4) is 5.75 Å². The molecule has 2 atom stereocenters. The molecule has 0 saturated heterocycles. The smallest absolute Gasteiger partial charge is 0.315 e. The monoisotopic (exact) mass is 348 g/mol. The van der Waals surface area contributed by atoms with Crippen molar-refractivity contribution in [3.05, 3.63) is 65.2 Å². The number of halogens is 2. The Morgan fingerprint density at radius 3 is 2.84 bits per heavy atom. The zero-order valence-electron chi connectivity index (χ0n) is 13.6. The molecule has 0 unspecified atom stereocenters. The summed E-state index contributed by atoms with van der Waals surface area (Å²) in [6, 6.07) is 9.45. The minimum absolute atomic E-state index is 0.0938. The molecule has 0 bridgehead atoms. The van der Waals surface area contributed by atoms with Crippen molar-refractivity contribution in [2.45, 2.75) is 18.6 Å². The number of ether oxygens (including phenoxy) is 1. The average Bonchev–Trinajstić information content (AvgIpc) is 2.96. The minimum atomic E-state index is -1.68. The highest BCUT2D eigenvalue weighted by molar-refractivity contribution is 5.75. The second-order valence-electron chi connectivity index (χ2n) is 6.13. The molecular weight excluding hydrogens is 330 g/mol.